The number of carbonyl (C=O) groups excluding carboxylic acids is 1. The maximum atomic E-state index is 13.0. The van der Waals surface area contributed by atoms with Crippen LogP contribution in [-0.2, 0) is 21.8 Å². The molecule has 1 aromatic rings. The van der Waals surface area contributed by atoms with Crippen LogP contribution in [0, 0.1) is 11.3 Å². The second-order valence-electron chi connectivity index (χ2n) is 3.32. The summed E-state index contributed by atoms with van der Waals surface area (Å²) in [5.41, 5.74) is -0.659. The zero-order valence-electron chi connectivity index (χ0n) is 9.41. The normalized spacial score (nSPS) is 10.2. The predicted octanol–water partition coefficient (Wildman–Crippen LogP) is 2.35. The lowest BCUT2D eigenvalue weighted by Gasteiger charge is -2.12. The monoisotopic (exact) mass is 274 g/mol. The average Bonchev–Trinajstić information content (AvgIpc) is 2.37. The van der Waals surface area contributed by atoms with Gasteiger partial charge in [0.05, 0.1) is 13.5 Å². The molecule has 0 aliphatic rings. The lowest BCUT2D eigenvalue weighted by molar-refractivity contribution is -0.139. The largest absolute Gasteiger partial charge is 0.469 e. The van der Waals surface area contributed by atoms with E-state index in [1.54, 1.807) is 6.07 Å². The average molecular weight is 275 g/mol. The molecular formula is C11H9ClF2N2O2. The van der Waals surface area contributed by atoms with Crippen LogP contribution in [0.25, 0.3) is 0 Å². The minimum Gasteiger partial charge on any atom is -0.469 e. The summed E-state index contributed by atoms with van der Waals surface area (Å²) in [6, 6.07) is 1.68. The number of carbonyl (C=O) groups is 1. The molecule has 0 bridgehead atoms. The molecule has 0 N–H and O–H groups in total. The van der Waals surface area contributed by atoms with Crippen LogP contribution in [0.15, 0.2) is 6.20 Å². The Morgan fingerprint density at radius 2 is 2.33 bits per heavy atom. The predicted molar refractivity (Wildman–Crippen MR) is 59.2 cm³/mol. The first-order valence-electron chi connectivity index (χ1n) is 4.86. The Labute approximate surface area is 107 Å². The molecule has 0 aliphatic heterocycles. The summed E-state index contributed by atoms with van der Waals surface area (Å²) >= 11 is 5.54. The summed E-state index contributed by atoms with van der Waals surface area (Å²) in [5.74, 6) is -0.894. The van der Waals surface area contributed by atoms with Crippen molar-refractivity contribution in [2.75, 3.05) is 7.11 Å². The third-order valence-electron chi connectivity index (χ3n) is 2.32. The Morgan fingerprint density at radius 3 is 2.78 bits per heavy atom. The van der Waals surface area contributed by atoms with Gasteiger partial charge in [-0.1, -0.05) is 0 Å². The van der Waals surface area contributed by atoms with Crippen molar-refractivity contribution < 1.29 is 18.3 Å². The molecule has 0 saturated heterocycles. The number of hydrogen-bond donors (Lipinski definition) is 0. The lowest BCUT2D eigenvalue weighted by atomic mass is 9.99. The smallest absolute Gasteiger partial charge is 0.310 e. The number of nitrogens with zero attached hydrogens (tertiary/aromatic N) is 2. The topological polar surface area (TPSA) is 63.0 Å². The van der Waals surface area contributed by atoms with Gasteiger partial charge in [-0.15, -0.1) is 11.6 Å². The second-order valence-corrected chi connectivity index (χ2v) is 3.59. The molecule has 0 amide bonds. The molecule has 1 heterocycles. The third-order valence-corrected chi connectivity index (χ3v) is 2.61. The highest BCUT2D eigenvalue weighted by molar-refractivity contribution is 6.17. The highest BCUT2D eigenvalue weighted by Gasteiger charge is 2.23. The molecule has 0 saturated carbocycles. The first kappa shape index (κ1) is 14.3. The fourth-order valence-corrected chi connectivity index (χ4v) is 1.69. The van der Waals surface area contributed by atoms with Crippen molar-refractivity contribution in [2.45, 2.75) is 18.7 Å². The Bertz CT molecular complexity index is 501. The van der Waals surface area contributed by atoms with Gasteiger partial charge in [0.15, 0.2) is 0 Å². The van der Waals surface area contributed by atoms with Gasteiger partial charge in [-0.2, -0.15) is 5.26 Å². The summed E-state index contributed by atoms with van der Waals surface area (Å²) in [6.07, 6.45) is -2.15. The molecule has 0 aromatic carbocycles. The molecule has 0 spiro atoms. The number of alkyl halides is 3. The molecule has 1 rings (SSSR count). The van der Waals surface area contributed by atoms with Crippen molar-refractivity contribution in [3.05, 3.63) is 28.6 Å². The van der Waals surface area contributed by atoms with Gasteiger partial charge in [-0.3, -0.25) is 4.79 Å². The van der Waals surface area contributed by atoms with Crippen molar-refractivity contribution >= 4 is 17.6 Å². The van der Waals surface area contributed by atoms with E-state index in [1.807, 2.05) is 0 Å². The number of halogens is 3. The fourth-order valence-electron chi connectivity index (χ4n) is 1.48. The van der Waals surface area contributed by atoms with Crippen molar-refractivity contribution in [2.24, 2.45) is 0 Å². The van der Waals surface area contributed by atoms with E-state index in [0.29, 0.717) is 0 Å². The minimum atomic E-state index is -2.84. The second kappa shape index (κ2) is 6.26. The number of esters is 1. The zero-order chi connectivity index (χ0) is 13.7. The maximum Gasteiger partial charge on any atom is 0.310 e. The SMILES string of the molecule is COC(=O)Cc1c(C#N)ncc(CCl)c1C(F)F. The van der Waals surface area contributed by atoms with Crippen LogP contribution in [-0.4, -0.2) is 18.1 Å². The molecule has 0 radical (unpaired) electrons. The zero-order valence-corrected chi connectivity index (χ0v) is 10.2. The Morgan fingerprint density at radius 1 is 1.67 bits per heavy atom. The molecule has 0 unspecified atom stereocenters. The van der Waals surface area contributed by atoms with Gasteiger partial charge in [0.1, 0.15) is 11.8 Å². The van der Waals surface area contributed by atoms with Gasteiger partial charge in [0.25, 0.3) is 6.43 Å². The number of aromatic nitrogens is 1. The lowest BCUT2D eigenvalue weighted by Crippen LogP contribution is -2.12. The Kier molecular flexibility index (Phi) is 4.98. The number of methoxy groups -OCH3 is 1. The van der Waals surface area contributed by atoms with Crippen molar-refractivity contribution in [3.8, 4) is 6.07 Å². The van der Waals surface area contributed by atoms with Crippen LogP contribution in [0.4, 0.5) is 8.78 Å². The van der Waals surface area contributed by atoms with E-state index in [-0.39, 0.29) is 22.7 Å². The minimum absolute atomic E-state index is 0.101. The summed E-state index contributed by atoms with van der Waals surface area (Å²) < 4.78 is 30.4. The highest BCUT2D eigenvalue weighted by Crippen LogP contribution is 2.29. The van der Waals surface area contributed by atoms with Gasteiger partial charge in [-0.05, 0) is 5.56 Å². The molecule has 0 aliphatic carbocycles. The van der Waals surface area contributed by atoms with Crippen LogP contribution in [0.5, 0.6) is 0 Å². The molecule has 0 atom stereocenters. The van der Waals surface area contributed by atoms with Crippen molar-refractivity contribution in [1.82, 2.24) is 4.98 Å². The van der Waals surface area contributed by atoms with Crippen molar-refractivity contribution in [1.29, 1.82) is 5.26 Å². The van der Waals surface area contributed by atoms with E-state index in [0.717, 1.165) is 13.3 Å². The van der Waals surface area contributed by atoms with Crippen LogP contribution in [0.2, 0.25) is 0 Å². The van der Waals surface area contributed by atoms with Crippen molar-refractivity contribution in [3.63, 3.8) is 0 Å². The van der Waals surface area contributed by atoms with E-state index in [2.05, 4.69) is 9.72 Å². The number of rotatable bonds is 4. The molecule has 18 heavy (non-hydrogen) atoms. The third kappa shape index (κ3) is 2.93. The molecule has 1 aromatic heterocycles. The summed E-state index contributed by atoms with van der Waals surface area (Å²) in [6.45, 7) is 0. The van der Waals surface area contributed by atoms with Gasteiger partial charge in [0.2, 0.25) is 0 Å². The van der Waals surface area contributed by atoms with E-state index < -0.39 is 24.4 Å². The summed E-state index contributed by atoms with van der Waals surface area (Å²) in [7, 11) is 1.13. The molecule has 4 nitrogen and oxygen atoms in total. The summed E-state index contributed by atoms with van der Waals surface area (Å²) in [5, 5.41) is 8.83. The van der Waals surface area contributed by atoms with Crippen LogP contribution in [0.1, 0.15) is 28.8 Å². The van der Waals surface area contributed by atoms with E-state index in [1.165, 1.54) is 0 Å². The van der Waals surface area contributed by atoms with E-state index in [4.69, 9.17) is 16.9 Å². The van der Waals surface area contributed by atoms with E-state index in [9.17, 15) is 13.6 Å². The van der Waals surface area contributed by atoms with Gasteiger partial charge in [0, 0.05) is 23.2 Å². The van der Waals surface area contributed by atoms with E-state index >= 15 is 0 Å². The Hall–Kier alpha value is -1.74. The number of hydrogen-bond acceptors (Lipinski definition) is 4. The highest BCUT2D eigenvalue weighted by atomic mass is 35.5. The van der Waals surface area contributed by atoms with Gasteiger partial charge < -0.3 is 4.74 Å². The van der Waals surface area contributed by atoms with Crippen LogP contribution >= 0.6 is 11.6 Å². The number of nitriles is 1. The maximum absolute atomic E-state index is 13.0. The summed E-state index contributed by atoms with van der Waals surface area (Å²) in [4.78, 5) is 14.9. The van der Waals surface area contributed by atoms with Crippen LogP contribution in [0.3, 0.4) is 0 Å². The van der Waals surface area contributed by atoms with Gasteiger partial charge in [-0.25, -0.2) is 13.8 Å². The van der Waals surface area contributed by atoms with Gasteiger partial charge >= 0.3 is 5.97 Å². The molecule has 0 fully saturated rings. The molecule has 7 heteroatoms. The Balaban J connectivity index is 3.41. The quantitative estimate of drug-likeness (QED) is 0.624. The number of ether oxygens (including phenoxy) is 1. The first-order valence-corrected chi connectivity index (χ1v) is 5.40. The number of pyridine rings is 1. The van der Waals surface area contributed by atoms with Crippen LogP contribution < -0.4 is 0 Å². The fraction of sp³-hybridized carbons (Fsp3) is 0.364. The first-order chi connectivity index (χ1) is 8.54. The molecular weight excluding hydrogens is 266 g/mol. The standard InChI is InChI=1S/C11H9ClF2N2O2/c1-18-9(17)2-7-8(4-15)16-5-6(3-12)10(7)11(13)14/h5,11H,2-3H2,1H3. The molecule has 96 valence electrons.